The Labute approximate surface area is 199 Å². The van der Waals surface area contributed by atoms with Crippen LogP contribution in [0.3, 0.4) is 0 Å². The zero-order valence-corrected chi connectivity index (χ0v) is 21.7. The first-order valence-corrected chi connectivity index (χ1v) is 13.2. The van der Waals surface area contributed by atoms with E-state index in [1.807, 2.05) is 0 Å². The van der Waals surface area contributed by atoms with E-state index in [1.54, 1.807) is 0 Å². The van der Waals surface area contributed by atoms with Gasteiger partial charge in [-0.3, -0.25) is 0 Å². The van der Waals surface area contributed by atoms with Gasteiger partial charge in [-0.05, 0) is 40.3 Å². The van der Waals surface area contributed by atoms with Crippen LogP contribution in [0.4, 0.5) is 0 Å². The van der Waals surface area contributed by atoms with Crippen molar-refractivity contribution in [1.82, 2.24) is 0 Å². The normalized spacial score (nSPS) is 15.1. The molecular weight excluding hydrogens is 493 g/mol. The maximum Gasteiger partial charge on any atom is 0.230 e. The van der Waals surface area contributed by atoms with Crippen molar-refractivity contribution >= 4 is 35.7 Å². The topological polar surface area (TPSA) is 0 Å². The van der Waals surface area contributed by atoms with Gasteiger partial charge in [0.15, 0.2) is 0 Å². The summed E-state index contributed by atoms with van der Waals surface area (Å²) in [5.74, 6) is 0.403. The van der Waals surface area contributed by atoms with E-state index < -0.39 is 0 Å². The fourth-order valence-electron chi connectivity index (χ4n) is 4.59. The third-order valence-corrected chi connectivity index (χ3v) is 8.88. The smallest absolute Gasteiger partial charge is 0.152 e. The summed E-state index contributed by atoms with van der Waals surface area (Å²) in [5, 5.41) is 0. The average Bonchev–Trinajstić information content (AvgIpc) is 2.78. The maximum atomic E-state index is 2.43. The molecule has 30 heavy (non-hydrogen) atoms. The lowest BCUT2D eigenvalue weighted by Crippen LogP contribution is -2.32. The lowest BCUT2D eigenvalue weighted by molar-refractivity contribution is 0.306. The van der Waals surface area contributed by atoms with Crippen LogP contribution in [-0.4, -0.2) is 11.0 Å². The molecule has 155 valence electrons. The highest BCUT2D eigenvalue weighted by Crippen LogP contribution is 2.44. The summed E-state index contributed by atoms with van der Waals surface area (Å²) in [7, 11) is 0.908. The molecule has 0 aliphatic heterocycles. The molecule has 3 heteroatoms. The van der Waals surface area contributed by atoms with Crippen LogP contribution in [0.2, 0.25) is 0 Å². The summed E-state index contributed by atoms with van der Waals surface area (Å²) in [6, 6.07) is 31.2. The van der Waals surface area contributed by atoms with Gasteiger partial charge in [-0.15, -0.1) is 8.46 Å². The lowest BCUT2D eigenvalue weighted by Gasteiger charge is -2.39. The molecule has 0 N–H and O–H groups in total. The van der Waals surface area contributed by atoms with E-state index in [0.29, 0.717) is 5.92 Å². The standard InChI is InChI=1S/C27H32BIP/c1-21(22-11-7-5-8-12-22)23-15-17-25(18-16-23)27(4,24-13-9-6-10-14-24)19-26(2,3)20-30-28-29/h5-18,21,30H,19-20H2,1-4H3. The molecule has 0 bridgehead atoms. The third-order valence-electron chi connectivity index (χ3n) is 6.25. The molecule has 0 saturated carbocycles. The van der Waals surface area contributed by atoms with E-state index in [1.165, 1.54) is 28.4 Å². The zero-order valence-electron chi connectivity index (χ0n) is 18.5. The molecule has 1 radical (unpaired) electrons. The van der Waals surface area contributed by atoms with Crippen molar-refractivity contribution in [2.24, 2.45) is 5.41 Å². The number of hydrogen-bond donors (Lipinski definition) is 0. The van der Waals surface area contributed by atoms with Gasteiger partial charge in [0, 0.05) is 11.3 Å². The summed E-state index contributed by atoms with van der Waals surface area (Å²) in [6.07, 6.45) is 2.37. The average molecular weight is 525 g/mol. The molecule has 0 fully saturated rings. The molecule has 3 aromatic rings. The molecule has 3 unspecified atom stereocenters. The van der Waals surface area contributed by atoms with Crippen LogP contribution in [0.15, 0.2) is 84.9 Å². The number of hydrogen-bond acceptors (Lipinski definition) is 0. The van der Waals surface area contributed by atoms with Crippen molar-refractivity contribution in [2.75, 3.05) is 6.16 Å². The molecule has 3 atom stereocenters. The molecule has 3 aromatic carbocycles. The summed E-state index contributed by atoms with van der Waals surface area (Å²) >= 11 is 2.39. The number of halogens is 1. The minimum absolute atomic E-state index is 0.00493. The number of benzene rings is 3. The molecule has 3 rings (SSSR count). The highest BCUT2D eigenvalue weighted by molar-refractivity contribution is 14.1. The van der Waals surface area contributed by atoms with E-state index in [9.17, 15) is 0 Å². The first-order chi connectivity index (χ1) is 14.4. The van der Waals surface area contributed by atoms with Crippen molar-refractivity contribution < 1.29 is 0 Å². The van der Waals surface area contributed by atoms with E-state index in [4.69, 9.17) is 0 Å². The Kier molecular flexibility index (Phi) is 8.21. The maximum absolute atomic E-state index is 2.43. The summed E-state index contributed by atoms with van der Waals surface area (Å²) < 4.78 is 0. The van der Waals surface area contributed by atoms with Gasteiger partial charge in [0.25, 0.3) is 0 Å². The Morgan fingerprint density at radius 1 is 0.767 bits per heavy atom. The molecule has 0 heterocycles. The molecule has 0 aliphatic carbocycles. The molecule has 0 amide bonds. The summed E-state index contributed by atoms with van der Waals surface area (Å²) in [5.41, 5.74) is 5.83. The Morgan fingerprint density at radius 3 is 1.83 bits per heavy atom. The zero-order chi connectivity index (χ0) is 21.6. The van der Waals surface area contributed by atoms with Crippen molar-refractivity contribution in [3.8, 4) is 0 Å². The van der Waals surface area contributed by atoms with Crippen LogP contribution in [0.1, 0.15) is 62.3 Å². The Bertz CT molecular complexity index is 909. The van der Waals surface area contributed by atoms with Crippen molar-refractivity contribution in [3.63, 3.8) is 0 Å². The van der Waals surface area contributed by atoms with Crippen molar-refractivity contribution in [2.45, 2.75) is 45.4 Å². The quantitative estimate of drug-likeness (QED) is 0.150. The first-order valence-electron chi connectivity index (χ1n) is 10.7. The molecule has 0 saturated heterocycles. The summed E-state index contributed by atoms with van der Waals surface area (Å²) in [6.45, 7) is 9.57. The van der Waals surface area contributed by atoms with Gasteiger partial charge in [0.1, 0.15) is 0 Å². The minimum Gasteiger partial charge on any atom is -0.152 e. The van der Waals surface area contributed by atoms with Gasteiger partial charge in [0.2, 0.25) is 4.86 Å². The van der Waals surface area contributed by atoms with Crippen molar-refractivity contribution in [1.29, 1.82) is 0 Å². The van der Waals surface area contributed by atoms with Crippen molar-refractivity contribution in [3.05, 3.63) is 107 Å². The number of rotatable bonds is 9. The second-order valence-corrected chi connectivity index (χ2v) is 12.1. The van der Waals surface area contributed by atoms with E-state index in [-0.39, 0.29) is 10.8 Å². The molecule has 0 nitrogen and oxygen atoms in total. The van der Waals surface area contributed by atoms with Crippen LogP contribution in [-0.2, 0) is 5.41 Å². The largest absolute Gasteiger partial charge is 0.230 e. The Balaban J connectivity index is 1.94. The van der Waals surface area contributed by atoms with Crippen LogP contribution in [0.25, 0.3) is 0 Å². The fraction of sp³-hybridized carbons (Fsp3) is 0.333. The fourth-order valence-corrected chi connectivity index (χ4v) is 6.00. The Morgan fingerprint density at radius 2 is 1.27 bits per heavy atom. The van der Waals surface area contributed by atoms with Gasteiger partial charge >= 0.3 is 0 Å². The SMILES string of the molecule is CC(c1ccccc1)c1ccc(C(C)(CC(C)(C)CP[B]I)c2ccccc2)cc1. The van der Waals surface area contributed by atoms with Gasteiger partial charge in [-0.25, -0.2) is 0 Å². The monoisotopic (exact) mass is 525 g/mol. The first kappa shape index (κ1) is 23.5. The van der Waals surface area contributed by atoms with Gasteiger partial charge < -0.3 is 0 Å². The molecule has 0 aliphatic rings. The predicted molar refractivity (Wildman–Crippen MR) is 145 cm³/mol. The Hall–Kier alpha value is -1.12. The van der Waals surface area contributed by atoms with Gasteiger partial charge in [-0.1, -0.05) is 113 Å². The van der Waals surface area contributed by atoms with Gasteiger partial charge in [0.05, 0.1) is 0 Å². The predicted octanol–water partition coefficient (Wildman–Crippen LogP) is 8.21. The third kappa shape index (κ3) is 5.77. The lowest BCUT2D eigenvalue weighted by atomic mass is 9.67. The highest BCUT2D eigenvalue weighted by Gasteiger charge is 2.35. The summed E-state index contributed by atoms with van der Waals surface area (Å²) in [4.78, 5) is 2.29. The molecular formula is C27H32BIP. The van der Waals surface area contributed by atoms with Gasteiger partial charge in [-0.2, -0.15) is 22.4 Å². The van der Waals surface area contributed by atoms with Crippen LogP contribution in [0.5, 0.6) is 0 Å². The van der Waals surface area contributed by atoms with E-state index in [0.717, 1.165) is 14.9 Å². The van der Waals surface area contributed by atoms with Crippen LogP contribution < -0.4 is 0 Å². The van der Waals surface area contributed by atoms with E-state index in [2.05, 4.69) is 140 Å². The second-order valence-electron chi connectivity index (χ2n) is 9.28. The van der Waals surface area contributed by atoms with Crippen LogP contribution >= 0.6 is 30.8 Å². The molecule has 0 spiro atoms. The van der Waals surface area contributed by atoms with Crippen LogP contribution in [0, 0.1) is 5.41 Å². The van der Waals surface area contributed by atoms with E-state index >= 15 is 0 Å². The highest BCUT2D eigenvalue weighted by atomic mass is 127. The second kappa shape index (κ2) is 10.5. The molecule has 0 aromatic heterocycles. The minimum atomic E-state index is -0.00493.